The molecule has 0 unspecified atom stereocenters. The van der Waals surface area contributed by atoms with Crippen LogP contribution in [0.3, 0.4) is 0 Å². The molecule has 1 rings (SSSR count). The van der Waals surface area contributed by atoms with Crippen molar-refractivity contribution in [2.45, 2.75) is 20.3 Å². The van der Waals surface area contributed by atoms with Crippen molar-refractivity contribution in [1.29, 1.82) is 0 Å². The van der Waals surface area contributed by atoms with Crippen molar-refractivity contribution in [2.75, 3.05) is 0 Å². The Bertz CT molecular complexity index is 177. The molecule has 0 saturated carbocycles. The minimum Gasteiger partial charge on any atom is -1.00 e. The van der Waals surface area contributed by atoms with Crippen molar-refractivity contribution >= 4 is 0 Å². The summed E-state index contributed by atoms with van der Waals surface area (Å²) in [5, 5.41) is 0. The van der Waals surface area contributed by atoms with Crippen molar-refractivity contribution in [3.05, 3.63) is 21.7 Å². The summed E-state index contributed by atoms with van der Waals surface area (Å²) < 4.78 is 1.56. The van der Waals surface area contributed by atoms with Crippen LogP contribution in [0, 0.1) is 5.92 Å². The first-order valence-electron chi connectivity index (χ1n) is 3.28. The van der Waals surface area contributed by atoms with Crippen molar-refractivity contribution < 1.29 is 26.9 Å². The molecule has 0 N–H and O–H groups in total. The van der Waals surface area contributed by atoms with Gasteiger partial charge >= 0.3 is 67.7 Å². The second-order valence-corrected chi connectivity index (χ2v) is 3.85. The first-order valence-corrected chi connectivity index (χ1v) is 4.28. The molecule has 0 heterocycles. The summed E-state index contributed by atoms with van der Waals surface area (Å²) in [6.45, 7) is 4.49. The summed E-state index contributed by atoms with van der Waals surface area (Å²) in [4.78, 5) is 0. The van der Waals surface area contributed by atoms with Crippen molar-refractivity contribution in [1.82, 2.24) is 0 Å². The van der Waals surface area contributed by atoms with Crippen LogP contribution in [-0.4, -0.2) is 0 Å². The van der Waals surface area contributed by atoms with E-state index < -0.39 is 0 Å². The molecule has 0 aromatic heterocycles. The van der Waals surface area contributed by atoms with Crippen LogP contribution in [0.5, 0.6) is 0 Å². The average Bonchev–Trinajstić information content (AvgIpc) is 2.13. The van der Waals surface area contributed by atoms with Crippen LogP contribution >= 0.6 is 0 Å². The largest absolute Gasteiger partial charge is 1.00 e. The minimum absolute atomic E-state index is 0. The second-order valence-electron chi connectivity index (χ2n) is 2.64. The van der Waals surface area contributed by atoms with Gasteiger partial charge in [-0.1, -0.05) is 0 Å². The molecule has 54 valence electrons. The van der Waals surface area contributed by atoms with Crippen LogP contribution in [0.2, 0.25) is 0 Å². The first kappa shape index (κ1) is 7.28. The van der Waals surface area contributed by atoms with Crippen LogP contribution in [0.4, 0.5) is 0 Å². The Morgan fingerprint density at radius 2 is 2.33 bits per heavy atom. The molecule has 0 fully saturated rings. The van der Waals surface area contributed by atoms with Gasteiger partial charge in [0.05, 0.1) is 0 Å². The predicted molar refractivity (Wildman–Crippen MR) is 41.2 cm³/mol. The van der Waals surface area contributed by atoms with Gasteiger partial charge in [-0.25, -0.2) is 0 Å². The fourth-order valence-electron chi connectivity index (χ4n) is 1.02. The van der Waals surface area contributed by atoms with Gasteiger partial charge in [-0.05, 0) is 0 Å². The SMILES string of the molecule is CC(C)C1=[C]([Mo+5])CC=C1.[H-].[H-].[H-].[H-].[H-]. The molecule has 0 aromatic rings. The number of allylic oxidation sites excluding steroid dienone is 4. The van der Waals surface area contributed by atoms with Crippen molar-refractivity contribution in [2.24, 2.45) is 5.92 Å². The van der Waals surface area contributed by atoms with Gasteiger partial charge in [0.25, 0.3) is 0 Å². The Balaban J connectivity index is -0.0000000540. The number of rotatable bonds is 1. The van der Waals surface area contributed by atoms with Crippen molar-refractivity contribution in [3.63, 3.8) is 0 Å². The van der Waals surface area contributed by atoms with Gasteiger partial charge in [-0.3, -0.25) is 0 Å². The zero-order valence-corrected chi connectivity index (χ0v) is 7.85. The molecule has 0 bridgehead atoms. The minimum atomic E-state index is 0. The molecule has 1 aliphatic carbocycles. The Kier molecular flexibility index (Phi) is 2.29. The molecule has 0 radical (unpaired) electrons. The van der Waals surface area contributed by atoms with Crippen LogP contribution in [-0.2, 0) is 19.8 Å². The Morgan fingerprint density at radius 3 is 2.56 bits per heavy atom. The molecule has 0 aromatic carbocycles. The van der Waals surface area contributed by atoms with Crippen LogP contribution in [0.15, 0.2) is 21.7 Å². The molecule has 1 aliphatic rings. The van der Waals surface area contributed by atoms with E-state index in [1.807, 2.05) is 0 Å². The maximum atomic E-state index is 2.25. The molecular weight excluding hydrogens is 192 g/mol. The van der Waals surface area contributed by atoms with Crippen molar-refractivity contribution in [3.8, 4) is 0 Å². The fraction of sp³-hybridized carbons (Fsp3) is 0.500. The summed E-state index contributed by atoms with van der Waals surface area (Å²) >= 11 is 2.15. The summed E-state index contributed by atoms with van der Waals surface area (Å²) in [5.74, 6) is 0.714. The van der Waals surface area contributed by atoms with Crippen LogP contribution in [0.1, 0.15) is 27.4 Å². The average molecular weight is 208 g/mol. The van der Waals surface area contributed by atoms with E-state index in [0.29, 0.717) is 5.92 Å². The molecule has 9 heavy (non-hydrogen) atoms. The van der Waals surface area contributed by atoms with Crippen LogP contribution < -0.4 is 0 Å². The topological polar surface area (TPSA) is 0 Å². The maximum Gasteiger partial charge on any atom is -1.00 e. The Hall–Kier alpha value is 0.168. The van der Waals surface area contributed by atoms with Gasteiger partial charge in [-0.2, -0.15) is 0 Å². The van der Waals surface area contributed by atoms with Gasteiger partial charge in [0.2, 0.25) is 0 Å². The molecule has 0 amide bonds. The molecule has 0 nitrogen and oxygen atoms in total. The van der Waals surface area contributed by atoms with Gasteiger partial charge < -0.3 is 7.13 Å². The number of hydrogen-bond acceptors (Lipinski definition) is 0. The number of hydrogen-bond donors (Lipinski definition) is 0. The van der Waals surface area contributed by atoms with E-state index in [0.717, 1.165) is 0 Å². The Morgan fingerprint density at radius 1 is 1.67 bits per heavy atom. The molecule has 1 heteroatoms. The summed E-state index contributed by atoms with van der Waals surface area (Å²) in [5.41, 5.74) is 1.54. The summed E-state index contributed by atoms with van der Waals surface area (Å²) in [6.07, 6.45) is 5.67. The summed E-state index contributed by atoms with van der Waals surface area (Å²) in [7, 11) is 0. The molecule has 0 atom stereocenters. The zero-order chi connectivity index (χ0) is 6.85. The normalized spacial score (nSPS) is 18.3. The van der Waals surface area contributed by atoms with Gasteiger partial charge in [0.15, 0.2) is 0 Å². The third-order valence-corrected chi connectivity index (χ3v) is 2.53. The maximum absolute atomic E-state index is 2.25. The predicted octanol–water partition coefficient (Wildman–Crippen LogP) is 2.97. The molecule has 0 saturated heterocycles. The van der Waals surface area contributed by atoms with E-state index >= 15 is 0 Å². The third-order valence-electron chi connectivity index (χ3n) is 1.54. The summed E-state index contributed by atoms with van der Waals surface area (Å²) in [6, 6.07) is 0. The van der Waals surface area contributed by atoms with E-state index in [9.17, 15) is 0 Å². The first-order chi connectivity index (χ1) is 4.22. The molecule has 0 spiro atoms. The third kappa shape index (κ3) is 1.55. The molecular formula is C8H16Mo. The van der Waals surface area contributed by atoms with Gasteiger partial charge in [0, 0.05) is 0 Å². The van der Waals surface area contributed by atoms with Gasteiger partial charge in [-0.15, -0.1) is 0 Å². The van der Waals surface area contributed by atoms with Crippen LogP contribution in [0.25, 0.3) is 0 Å². The fourth-order valence-corrected chi connectivity index (χ4v) is 2.00. The quantitative estimate of drug-likeness (QED) is 0.581. The van der Waals surface area contributed by atoms with E-state index in [4.69, 9.17) is 0 Å². The van der Waals surface area contributed by atoms with E-state index in [2.05, 4.69) is 45.8 Å². The standard InChI is InChI=1S/C8H11.Mo.5H/c1-7(2)8-5-3-4-6-8;;;;;;/h3,5,7H,4H2,1-2H3;;;;;;/q;+5;5*-1. The zero-order valence-electron chi connectivity index (χ0n) is 10.8. The second kappa shape index (κ2) is 2.83. The smallest absolute Gasteiger partial charge is 1.00 e. The van der Waals surface area contributed by atoms with E-state index in [-0.39, 0.29) is 7.13 Å². The molecule has 0 aliphatic heterocycles. The van der Waals surface area contributed by atoms with E-state index in [1.165, 1.54) is 6.42 Å². The van der Waals surface area contributed by atoms with E-state index in [1.54, 1.807) is 9.54 Å². The van der Waals surface area contributed by atoms with Gasteiger partial charge in [0.1, 0.15) is 0 Å². The monoisotopic (exact) mass is 210 g/mol. The Labute approximate surface area is 75.4 Å².